The van der Waals surface area contributed by atoms with Gasteiger partial charge in [-0.05, 0) is 18.2 Å². The van der Waals surface area contributed by atoms with Crippen LogP contribution in [0.2, 0.25) is 0 Å². The van der Waals surface area contributed by atoms with Gasteiger partial charge in [-0.1, -0.05) is 43.8 Å². The van der Waals surface area contributed by atoms with Gasteiger partial charge in [0.1, 0.15) is 11.5 Å². The van der Waals surface area contributed by atoms with E-state index in [2.05, 4.69) is 15.4 Å². The lowest BCUT2D eigenvalue weighted by Gasteiger charge is -2.39. The fourth-order valence-electron chi connectivity index (χ4n) is 3.28. The van der Waals surface area contributed by atoms with Crippen molar-refractivity contribution in [2.45, 2.75) is 39.2 Å². The van der Waals surface area contributed by atoms with Crippen molar-refractivity contribution in [3.8, 4) is 5.75 Å². The predicted octanol–water partition coefficient (Wildman–Crippen LogP) is 2.15. The monoisotopic (exact) mass is 612 g/mol. The molecule has 1 heterocycles. The first-order chi connectivity index (χ1) is 19.3. The molecule has 1 aromatic carbocycles. The molecule has 2 N–H and O–H groups in total. The van der Waals surface area contributed by atoms with Crippen LogP contribution in [-0.2, 0) is 47.1 Å². The molecule has 1 saturated heterocycles. The van der Waals surface area contributed by atoms with E-state index < -0.39 is 60.7 Å². The number of amides is 2. The quantitative estimate of drug-likeness (QED) is 0.0970. The topological polar surface area (TPSA) is 180 Å². The third kappa shape index (κ3) is 12.4. The Balaban J connectivity index is 1.67. The number of thioether (sulfide) groups is 1. The zero-order valence-corrected chi connectivity index (χ0v) is 24.6. The fourth-order valence-corrected chi connectivity index (χ4v) is 5.64. The molecule has 1 unspecified atom stereocenters. The number of nitrogens with one attached hydrogen (secondary N) is 2. The number of Topliss-reactive ketones (excluding diaryl/α,β-unsaturated/α-hetero) is 1. The summed E-state index contributed by atoms with van der Waals surface area (Å²) < 4.78 is 33.5. The van der Waals surface area contributed by atoms with E-state index in [1.807, 2.05) is 0 Å². The molecule has 0 aromatic heterocycles. The Labute approximate surface area is 241 Å². The average Bonchev–Trinajstić information content (AvgIpc) is 2.91. The molecule has 2 atom stereocenters. The summed E-state index contributed by atoms with van der Waals surface area (Å²) in [7, 11) is -2.91. The number of hydrogen-bond donors (Lipinski definition) is 2. The Bertz CT molecular complexity index is 1200. The summed E-state index contributed by atoms with van der Waals surface area (Å²) in [6.45, 7) is 3.48. The summed E-state index contributed by atoms with van der Waals surface area (Å²) >= 11 is 0.829. The number of allylic oxidation sites excluding steroid dienone is 1. The van der Waals surface area contributed by atoms with Gasteiger partial charge in [-0.15, -0.1) is 0 Å². The molecular weight excluding hydrogens is 579 g/mol. The largest absolute Gasteiger partial charge is 0.530 e. The molecule has 224 valence electrons. The van der Waals surface area contributed by atoms with Gasteiger partial charge < -0.3 is 19.9 Å². The number of carbonyl (C=O) groups is 6. The van der Waals surface area contributed by atoms with Gasteiger partial charge in [0.15, 0.2) is 17.0 Å². The highest BCUT2D eigenvalue weighted by atomic mass is 32.2. The lowest BCUT2D eigenvalue weighted by Crippen LogP contribution is -2.50. The number of esters is 1. The highest BCUT2D eigenvalue weighted by molar-refractivity contribution is 8.13. The van der Waals surface area contributed by atoms with Crippen molar-refractivity contribution in [1.29, 1.82) is 0 Å². The van der Waals surface area contributed by atoms with Crippen LogP contribution >= 0.6 is 19.6 Å². The van der Waals surface area contributed by atoms with E-state index >= 15 is 0 Å². The third-order valence-electron chi connectivity index (χ3n) is 5.40. The number of para-hydroxylation sites is 1. The van der Waals surface area contributed by atoms with Gasteiger partial charge in [0.05, 0.1) is 26.6 Å². The minimum Gasteiger partial charge on any atom is -0.466 e. The van der Waals surface area contributed by atoms with Crippen molar-refractivity contribution in [2.75, 3.05) is 32.6 Å². The number of carbonyl (C=O) groups excluding carboxylic acids is 6. The number of ketones is 2. The number of ether oxygens (including phenoxy) is 1. The van der Waals surface area contributed by atoms with Crippen LogP contribution < -0.4 is 15.2 Å². The van der Waals surface area contributed by atoms with Crippen molar-refractivity contribution in [2.24, 2.45) is 5.41 Å². The number of phosphoric ester groups is 1. The van der Waals surface area contributed by atoms with Crippen molar-refractivity contribution in [1.82, 2.24) is 10.6 Å². The van der Waals surface area contributed by atoms with E-state index in [-0.39, 0.29) is 43.5 Å². The van der Waals surface area contributed by atoms with Gasteiger partial charge in [0, 0.05) is 36.8 Å². The Kier molecular flexibility index (Phi) is 13.4. The average molecular weight is 613 g/mol. The molecule has 1 fully saturated rings. The van der Waals surface area contributed by atoms with Crippen LogP contribution in [0, 0.1) is 5.41 Å². The molecule has 2 amide bonds. The zero-order valence-electron chi connectivity index (χ0n) is 22.9. The normalized spacial score (nSPS) is 19.6. The highest BCUT2D eigenvalue weighted by Crippen LogP contribution is 2.56. The molecule has 0 radical (unpaired) electrons. The molecule has 2 rings (SSSR count). The van der Waals surface area contributed by atoms with E-state index in [1.165, 1.54) is 0 Å². The number of benzene rings is 1. The number of rotatable bonds is 15. The zero-order chi connectivity index (χ0) is 30.5. The standard InChI is InChI=1S/C26H33N2O11PS/c1-26(2)17-37-40(35,38-20-7-5-4-6-8-20)39-24(26)25(34)28-12-11-21(31)27-13-14-41-23(33)16-19(30)15-18(29)9-10-22(32)36-3/h4-10,24H,11-17H2,1-3H3,(H,27,31)(H,28,34)/b10-9+/t24-,40?/m0/s1. The second-order valence-corrected chi connectivity index (χ2v) is 12.1. The van der Waals surface area contributed by atoms with E-state index in [1.54, 1.807) is 44.2 Å². The maximum absolute atomic E-state index is 13.0. The summed E-state index contributed by atoms with van der Waals surface area (Å²) in [5.41, 5.74) is -0.821. The molecule has 13 nitrogen and oxygen atoms in total. The molecule has 0 bridgehead atoms. The van der Waals surface area contributed by atoms with Crippen molar-refractivity contribution < 1.29 is 51.6 Å². The molecule has 0 saturated carbocycles. The first kappa shape index (κ1) is 33.9. The molecule has 0 aliphatic carbocycles. The molecule has 1 aromatic rings. The first-order valence-electron chi connectivity index (χ1n) is 12.5. The van der Waals surface area contributed by atoms with Crippen LogP contribution in [0.4, 0.5) is 0 Å². The van der Waals surface area contributed by atoms with Crippen molar-refractivity contribution in [3.05, 3.63) is 42.5 Å². The molecule has 1 aliphatic heterocycles. The SMILES string of the molecule is COC(=O)/C=C/C(=O)CC(=O)CC(=O)SCCNC(=O)CCNC(=O)[C@@H]1OP(=O)(Oc2ccccc2)OCC1(C)C. The molecule has 41 heavy (non-hydrogen) atoms. The predicted molar refractivity (Wildman–Crippen MR) is 148 cm³/mol. The Morgan fingerprint density at radius 2 is 1.76 bits per heavy atom. The Hall–Kier alpha value is -3.32. The summed E-state index contributed by atoms with van der Waals surface area (Å²) in [6.07, 6.45) is -0.397. The summed E-state index contributed by atoms with van der Waals surface area (Å²) in [6, 6.07) is 8.27. The van der Waals surface area contributed by atoms with Gasteiger partial charge >= 0.3 is 13.8 Å². The van der Waals surface area contributed by atoms with Gasteiger partial charge in [-0.3, -0.25) is 33.0 Å². The third-order valence-corrected chi connectivity index (χ3v) is 7.62. The number of methoxy groups -OCH3 is 1. The Morgan fingerprint density at radius 3 is 2.44 bits per heavy atom. The van der Waals surface area contributed by atoms with E-state index in [9.17, 15) is 33.3 Å². The molecular formula is C26H33N2O11PS. The second kappa shape index (κ2) is 16.2. The van der Waals surface area contributed by atoms with E-state index in [0.717, 1.165) is 31.0 Å². The fraction of sp³-hybridized carbons (Fsp3) is 0.462. The summed E-state index contributed by atoms with van der Waals surface area (Å²) in [5, 5.41) is 4.72. The van der Waals surface area contributed by atoms with Crippen LogP contribution in [0.5, 0.6) is 5.75 Å². The van der Waals surface area contributed by atoms with Crippen LogP contribution in [0.25, 0.3) is 0 Å². The molecule has 0 spiro atoms. The minimum absolute atomic E-state index is 0.0235. The van der Waals surface area contributed by atoms with E-state index in [4.69, 9.17) is 13.6 Å². The van der Waals surface area contributed by atoms with Crippen molar-refractivity contribution >= 4 is 54.1 Å². The minimum atomic E-state index is -4.06. The smallest absolute Gasteiger partial charge is 0.466 e. The van der Waals surface area contributed by atoms with Gasteiger partial charge in [0.25, 0.3) is 5.91 Å². The number of phosphoric acid groups is 1. The van der Waals surface area contributed by atoms with Crippen LogP contribution in [0.1, 0.15) is 33.1 Å². The molecule has 1 aliphatic rings. The maximum atomic E-state index is 13.0. The number of hydrogen-bond acceptors (Lipinski definition) is 12. The van der Waals surface area contributed by atoms with Crippen LogP contribution in [0.3, 0.4) is 0 Å². The van der Waals surface area contributed by atoms with Crippen molar-refractivity contribution in [3.63, 3.8) is 0 Å². The Morgan fingerprint density at radius 1 is 1.05 bits per heavy atom. The highest BCUT2D eigenvalue weighted by Gasteiger charge is 2.49. The summed E-state index contributed by atoms with van der Waals surface area (Å²) in [5.74, 6) is -2.46. The second-order valence-electron chi connectivity index (χ2n) is 9.43. The van der Waals surface area contributed by atoms with Gasteiger partial charge in [-0.25, -0.2) is 9.36 Å². The van der Waals surface area contributed by atoms with Gasteiger partial charge in [0.2, 0.25) is 5.91 Å². The van der Waals surface area contributed by atoms with Crippen LogP contribution in [0.15, 0.2) is 42.5 Å². The summed E-state index contributed by atoms with van der Waals surface area (Å²) in [4.78, 5) is 71.2. The lowest BCUT2D eigenvalue weighted by molar-refractivity contribution is -0.140. The van der Waals surface area contributed by atoms with Crippen LogP contribution in [-0.4, -0.2) is 73.1 Å². The van der Waals surface area contributed by atoms with E-state index in [0.29, 0.717) is 0 Å². The van der Waals surface area contributed by atoms with Gasteiger partial charge in [-0.2, -0.15) is 0 Å². The first-order valence-corrected chi connectivity index (χ1v) is 15.0. The lowest BCUT2D eigenvalue weighted by atomic mass is 9.87. The maximum Gasteiger partial charge on any atom is 0.530 e. The molecule has 15 heteroatoms.